The molecule has 0 bridgehead atoms. The highest BCUT2D eigenvalue weighted by molar-refractivity contribution is 7.88. The van der Waals surface area contributed by atoms with Gasteiger partial charge in [-0.15, -0.1) is 0 Å². The van der Waals surface area contributed by atoms with Crippen molar-refractivity contribution in [1.82, 2.24) is 9.21 Å². The van der Waals surface area contributed by atoms with Gasteiger partial charge in [-0.3, -0.25) is 4.79 Å². The lowest BCUT2D eigenvalue weighted by Gasteiger charge is -2.36. The van der Waals surface area contributed by atoms with Gasteiger partial charge in [0.25, 0.3) is 0 Å². The maximum atomic E-state index is 12.4. The van der Waals surface area contributed by atoms with Crippen LogP contribution in [-0.2, 0) is 14.8 Å². The lowest BCUT2D eigenvalue weighted by molar-refractivity contribution is -0.138. The molecule has 2 aliphatic rings. The van der Waals surface area contributed by atoms with Crippen LogP contribution in [0.5, 0.6) is 0 Å². The van der Waals surface area contributed by atoms with Gasteiger partial charge in [0.05, 0.1) is 12.4 Å². The number of amides is 1. The van der Waals surface area contributed by atoms with Crippen LogP contribution in [0.15, 0.2) is 0 Å². The number of nitrogens with zero attached hydrogens (tertiary/aromatic N) is 2. The van der Waals surface area contributed by atoms with E-state index >= 15 is 0 Å². The van der Waals surface area contributed by atoms with Crippen LogP contribution in [0.25, 0.3) is 0 Å². The maximum absolute atomic E-state index is 12.4. The summed E-state index contributed by atoms with van der Waals surface area (Å²) in [5.41, 5.74) is 0. The molecule has 0 aromatic heterocycles. The van der Waals surface area contributed by atoms with Gasteiger partial charge in [-0.05, 0) is 25.2 Å². The van der Waals surface area contributed by atoms with Crippen LogP contribution in [0.4, 0.5) is 0 Å². The van der Waals surface area contributed by atoms with E-state index in [0.29, 0.717) is 26.1 Å². The molecular weight excluding hydrogens is 268 g/mol. The summed E-state index contributed by atoms with van der Waals surface area (Å²) in [4.78, 5) is 14.0. The van der Waals surface area contributed by atoms with E-state index in [1.54, 1.807) is 4.90 Å². The van der Waals surface area contributed by atoms with Crippen molar-refractivity contribution in [2.75, 3.05) is 25.9 Å². The Kier molecular flexibility index (Phi) is 4.17. The molecule has 110 valence electrons. The van der Waals surface area contributed by atoms with E-state index in [1.807, 2.05) is 6.92 Å². The Bertz CT molecular complexity index is 451. The molecule has 2 heterocycles. The van der Waals surface area contributed by atoms with E-state index in [4.69, 9.17) is 0 Å². The van der Waals surface area contributed by atoms with Crippen molar-refractivity contribution in [3.05, 3.63) is 0 Å². The first kappa shape index (κ1) is 14.7. The Hall–Kier alpha value is -0.660. The Balaban J connectivity index is 2.07. The highest BCUT2D eigenvalue weighted by atomic mass is 32.2. The second-order valence-corrected chi connectivity index (χ2v) is 7.58. The molecule has 1 N–H and O–H groups in total. The van der Waals surface area contributed by atoms with Crippen molar-refractivity contribution >= 4 is 15.9 Å². The van der Waals surface area contributed by atoms with Crippen molar-refractivity contribution in [3.8, 4) is 0 Å². The maximum Gasteiger partial charge on any atom is 0.241 e. The number of carbonyl (C=O) groups excluding carboxylic acids is 1. The molecule has 1 amide bonds. The van der Waals surface area contributed by atoms with Crippen molar-refractivity contribution in [1.29, 1.82) is 0 Å². The Morgan fingerprint density at radius 2 is 1.95 bits per heavy atom. The lowest BCUT2D eigenvalue weighted by Crippen LogP contribution is -2.52. The van der Waals surface area contributed by atoms with Gasteiger partial charge < -0.3 is 10.0 Å². The number of piperidine rings is 1. The predicted molar refractivity (Wildman–Crippen MR) is 70.9 cm³/mol. The molecule has 3 atom stereocenters. The third kappa shape index (κ3) is 3.09. The van der Waals surface area contributed by atoms with Crippen molar-refractivity contribution < 1.29 is 18.3 Å². The average Bonchev–Trinajstić information content (AvgIpc) is 2.80. The van der Waals surface area contributed by atoms with E-state index in [0.717, 1.165) is 19.1 Å². The summed E-state index contributed by atoms with van der Waals surface area (Å²) < 4.78 is 24.6. The van der Waals surface area contributed by atoms with Crippen LogP contribution in [0.2, 0.25) is 0 Å². The summed E-state index contributed by atoms with van der Waals surface area (Å²) >= 11 is 0. The number of sulfonamides is 1. The fourth-order valence-corrected chi connectivity index (χ4v) is 3.96. The minimum absolute atomic E-state index is 0.158. The van der Waals surface area contributed by atoms with Crippen LogP contribution in [0.1, 0.15) is 26.2 Å². The first-order valence-corrected chi connectivity index (χ1v) is 8.59. The summed E-state index contributed by atoms with van der Waals surface area (Å²) in [6, 6.07) is -0.574. The topological polar surface area (TPSA) is 77.9 Å². The predicted octanol–water partition coefficient (Wildman–Crippen LogP) is -0.360. The molecule has 0 aromatic rings. The number of hydrogen-bond donors (Lipinski definition) is 1. The van der Waals surface area contributed by atoms with E-state index in [1.165, 1.54) is 4.31 Å². The number of aliphatic hydroxyl groups excluding tert-OH is 1. The molecule has 7 heteroatoms. The number of carbonyl (C=O) groups is 1. The van der Waals surface area contributed by atoms with Gasteiger partial charge >= 0.3 is 0 Å². The van der Waals surface area contributed by atoms with Gasteiger partial charge in [0.15, 0.2) is 0 Å². The monoisotopic (exact) mass is 290 g/mol. The summed E-state index contributed by atoms with van der Waals surface area (Å²) in [7, 11) is -3.34. The van der Waals surface area contributed by atoms with Crippen LogP contribution >= 0.6 is 0 Å². The van der Waals surface area contributed by atoms with Gasteiger partial charge in [-0.25, -0.2) is 8.42 Å². The Labute approximate surface area is 114 Å². The fourth-order valence-electron chi connectivity index (χ4n) is 2.84. The molecular formula is C12H22N2O4S. The number of aliphatic hydroxyl groups is 1. The minimum atomic E-state index is -3.34. The van der Waals surface area contributed by atoms with Gasteiger partial charge in [0, 0.05) is 19.6 Å². The van der Waals surface area contributed by atoms with Crippen molar-refractivity contribution in [2.24, 2.45) is 5.92 Å². The molecule has 6 nitrogen and oxygen atoms in total. The quantitative estimate of drug-likeness (QED) is 0.753. The number of rotatable bonds is 2. The van der Waals surface area contributed by atoms with Crippen molar-refractivity contribution in [3.63, 3.8) is 0 Å². The lowest BCUT2D eigenvalue weighted by atomic mass is 9.95. The van der Waals surface area contributed by atoms with Gasteiger partial charge in [-0.1, -0.05) is 6.92 Å². The summed E-state index contributed by atoms with van der Waals surface area (Å²) in [5, 5.41) is 9.84. The van der Waals surface area contributed by atoms with Crippen LogP contribution in [-0.4, -0.2) is 66.7 Å². The zero-order valence-electron chi connectivity index (χ0n) is 11.4. The molecule has 0 radical (unpaired) electrons. The van der Waals surface area contributed by atoms with E-state index in [2.05, 4.69) is 0 Å². The highest BCUT2D eigenvalue weighted by Crippen LogP contribution is 2.25. The number of β-amino-alcohol motifs (C(OH)–C–C–N with tert-alkyl or cyclic N) is 1. The average molecular weight is 290 g/mol. The van der Waals surface area contributed by atoms with E-state index in [9.17, 15) is 18.3 Å². The standard InChI is InChI=1S/C12H22N2O4S/c1-9-5-7-13(8-11(9)15)12(16)10-4-3-6-14(10)19(2,17)18/h9-11,15H,3-8H2,1-2H3. The van der Waals surface area contributed by atoms with Crippen molar-refractivity contribution in [2.45, 2.75) is 38.3 Å². The molecule has 0 spiro atoms. The smallest absolute Gasteiger partial charge is 0.241 e. The summed E-state index contributed by atoms with van der Waals surface area (Å²) in [6.07, 6.45) is 2.69. The largest absolute Gasteiger partial charge is 0.391 e. The third-order valence-corrected chi connectivity index (χ3v) is 5.43. The zero-order chi connectivity index (χ0) is 14.2. The van der Waals surface area contributed by atoms with E-state index in [-0.39, 0.29) is 11.8 Å². The van der Waals surface area contributed by atoms with Gasteiger partial charge in [-0.2, -0.15) is 4.31 Å². The summed E-state index contributed by atoms with van der Waals surface area (Å²) in [5.74, 6) is 0.0347. The fraction of sp³-hybridized carbons (Fsp3) is 0.917. The van der Waals surface area contributed by atoms with Crippen LogP contribution in [0, 0.1) is 5.92 Å². The Morgan fingerprint density at radius 1 is 1.26 bits per heavy atom. The Morgan fingerprint density at radius 3 is 2.53 bits per heavy atom. The highest BCUT2D eigenvalue weighted by Gasteiger charge is 2.40. The molecule has 19 heavy (non-hydrogen) atoms. The zero-order valence-corrected chi connectivity index (χ0v) is 12.3. The third-order valence-electron chi connectivity index (χ3n) is 4.15. The minimum Gasteiger partial charge on any atom is -0.391 e. The molecule has 0 aliphatic carbocycles. The van der Waals surface area contributed by atoms with Gasteiger partial charge in [0.1, 0.15) is 6.04 Å². The number of likely N-dealkylation sites (tertiary alicyclic amines) is 1. The number of hydrogen-bond acceptors (Lipinski definition) is 4. The molecule has 2 saturated heterocycles. The second kappa shape index (κ2) is 5.38. The molecule has 2 fully saturated rings. The van der Waals surface area contributed by atoms with E-state index < -0.39 is 22.2 Å². The molecule has 2 aliphatic heterocycles. The molecule has 3 unspecified atom stereocenters. The summed E-state index contributed by atoms with van der Waals surface area (Å²) in [6.45, 7) is 3.30. The molecule has 0 aromatic carbocycles. The van der Waals surface area contributed by atoms with Crippen LogP contribution < -0.4 is 0 Å². The normalized spacial score (nSPS) is 33.6. The molecule has 2 rings (SSSR count). The van der Waals surface area contributed by atoms with Gasteiger partial charge in [0.2, 0.25) is 15.9 Å². The first-order valence-electron chi connectivity index (χ1n) is 6.74. The van der Waals surface area contributed by atoms with Crippen LogP contribution in [0.3, 0.4) is 0 Å². The SMILES string of the molecule is CC1CCN(C(=O)C2CCCN2S(C)(=O)=O)CC1O. The molecule has 0 saturated carbocycles. The first-order chi connectivity index (χ1) is 8.80. The second-order valence-electron chi connectivity index (χ2n) is 5.65.